The smallest absolute Gasteiger partial charge is 0.0992 e. The van der Waals surface area contributed by atoms with Crippen LogP contribution in [0.15, 0.2) is 55.6 Å². The lowest BCUT2D eigenvalue weighted by molar-refractivity contribution is 0.986. The van der Waals surface area contributed by atoms with Gasteiger partial charge in [0.2, 0.25) is 0 Å². The summed E-state index contributed by atoms with van der Waals surface area (Å²) in [5.41, 5.74) is 8.53. The van der Waals surface area contributed by atoms with Gasteiger partial charge in [0.05, 0.1) is 24.0 Å². The Kier molecular flexibility index (Phi) is 2.15. The molecule has 0 saturated heterocycles. The SMILES string of the molecule is Nc1ccc(-n2ccnc2)c(-n2ccnc2)c1. The van der Waals surface area contributed by atoms with Crippen LogP contribution in [-0.4, -0.2) is 19.1 Å². The van der Waals surface area contributed by atoms with E-state index in [4.69, 9.17) is 5.73 Å². The molecule has 0 amide bonds. The molecule has 0 aliphatic carbocycles. The molecule has 5 nitrogen and oxygen atoms in total. The number of hydrogen-bond acceptors (Lipinski definition) is 3. The fourth-order valence-electron chi connectivity index (χ4n) is 1.77. The van der Waals surface area contributed by atoms with Gasteiger partial charge >= 0.3 is 0 Å². The van der Waals surface area contributed by atoms with Crippen molar-refractivity contribution < 1.29 is 0 Å². The highest BCUT2D eigenvalue weighted by Crippen LogP contribution is 2.21. The highest BCUT2D eigenvalue weighted by Gasteiger charge is 2.06. The minimum absolute atomic E-state index is 0.720. The van der Waals surface area contributed by atoms with Gasteiger partial charge in [-0.2, -0.15) is 0 Å². The topological polar surface area (TPSA) is 61.7 Å². The fourth-order valence-corrected chi connectivity index (χ4v) is 1.77. The third-order valence-electron chi connectivity index (χ3n) is 2.56. The van der Waals surface area contributed by atoms with Crippen molar-refractivity contribution in [2.24, 2.45) is 0 Å². The van der Waals surface area contributed by atoms with E-state index in [0.29, 0.717) is 0 Å². The van der Waals surface area contributed by atoms with Gasteiger partial charge in [-0.1, -0.05) is 0 Å². The molecule has 0 spiro atoms. The van der Waals surface area contributed by atoms with Gasteiger partial charge in [-0.25, -0.2) is 9.97 Å². The van der Waals surface area contributed by atoms with E-state index in [9.17, 15) is 0 Å². The van der Waals surface area contributed by atoms with Gasteiger partial charge in [-0.3, -0.25) is 0 Å². The van der Waals surface area contributed by atoms with Crippen LogP contribution >= 0.6 is 0 Å². The van der Waals surface area contributed by atoms with Crippen molar-refractivity contribution in [1.29, 1.82) is 0 Å². The fraction of sp³-hybridized carbons (Fsp3) is 0. The second-order valence-corrected chi connectivity index (χ2v) is 3.69. The van der Waals surface area contributed by atoms with E-state index in [1.165, 1.54) is 0 Å². The third-order valence-corrected chi connectivity index (χ3v) is 2.56. The van der Waals surface area contributed by atoms with E-state index in [1.807, 2.05) is 39.7 Å². The number of nitrogens with zero attached hydrogens (tertiary/aromatic N) is 4. The Balaban J connectivity index is 2.22. The zero-order chi connectivity index (χ0) is 11.7. The molecule has 1 aromatic carbocycles. The molecule has 0 radical (unpaired) electrons. The predicted octanol–water partition coefficient (Wildman–Crippen LogP) is 1.64. The van der Waals surface area contributed by atoms with E-state index in [2.05, 4.69) is 9.97 Å². The molecule has 84 valence electrons. The molecule has 0 aliphatic rings. The number of nitrogen functional groups attached to an aromatic ring is 1. The Hall–Kier alpha value is -2.56. The van der Waals surface area contributed by atoms with Crippen LogP contribution in [0, 0.1) is 0 Å². The second-order valence-electron chi connectivity index (χ2n) is 3.69. The molecule has 3 rings (SSSR count). The Labute approximate surface area is 98.2 Å². The van der Waals surface area contributed by atoms with Crippen LogP contribution in [-0.2, 0) is 0 Å². The van der Waals surface area contributed by atoms with E-state index < -0.39 is 0 Å². The first-order chi connectivity index (χ1) is 8.34. The molecule has 2 heterocycles. The van der Waals surface area contributed by atoms with Crippen LogP contribution in [0.25, 0.3) is 11.4 Å². The van der Waals surface area contributed by atoms with Crippen LogP contribution in [0.5, 0.6) is 0 Å². The van der Waals surface area contributed by atoms with Crippen molar-refractivity contribution in [3.63, 3.8) is 0 Å². The number of aromatic nitrogens is 4. The lowest BCUT2D eigenvalue weighted by Crippen LogP contribution is -2.01. The molecule has 0 saturated carbocycles. The van der Waals surface area contributed by atoms with Crippen molar-refractivity contribution in [1.82, 2.24) is 19.1 Å². The molecule has 0 aliphatic heterocycles. The van der Waals surface area contributed by atoms with Crippen molar-refractivity contribution in [3.8, 4) is 11.4 Å². The van der Waals surface area contributed by atoms with E-state index >= 15 is 0 Å². The minimum Gasteiger partial charge on any atom is -0.399 e. The number of rotatable bonds is 2. The van der Waals surface area contributed by atoms with Crippen molar-refractivity contribution >= 4 is 5.69 Å². The summed E-state index contributed by atoms with van der Waals surface area (Å²) in [5, 5.41) is 0. The summed E-state index contributed by atoms with van der Waals surface area (Å²) in [6.45, 7) is 0. The summed E-state index contributed by atoms with van der Waals surface area (Å²) in [6, 6.07) is 5.75. The summed E-state index contributed by atoms with van der Waals surface area (Å²) >= 11 is 0. The molecular formula is C12H11N5. The molecule has 5 heteroatoms. The highest BCUT2D eigenvalue weighted by molar-refractivity contribution is 5.60. The van der Waals surface area contributed by atoms with Gasteiger partial charge in [-0.05, 0) is 18.2 Å². The first kappa shape index (κ1) is 9.65. The predicted molar refractivity (Wildman–Crippen MR) is 65.1 cm³/mol. The van der Waals surface area contributed by atoms with E-state index in [-0.39, 0.29) is 0 Å². The third kappa shape index (κ3) is 1.67. The summed E-state index contributed by atoms with van der Waals surface area (Å²) in [6.07, 6.45) is 10.8. The Morgan fingerprint density at radius 3 is 2.12 bits per heavy atom. The molecule has 0 atom stereocenters. The number of benzene rings is 1. The van der Waals surface area contributed by atoms with E-state index in [1.54, 1.807) is 25.0 Å². The molecule has 17 heavy (non-hydrogen) atoms. The normalized spacial score (nSPS) is 10.6. The average Bonchev–Trinajstić information content (AvgIpc) is 3.02. The van der Waals surface area contributed by atoms with Gasteiger partial charge in [0, 0.05) is 30.5 Å². The monoisotopic (exact) mass is 225 g/mol. The summed E-state index contributed by atoms with van der Waals surface area (Å²) in [5.74, 6) is 0. The molecule has 3 aromatic rings. The molecular weight excluding hydrogens is 214 g/mol. The van der Waals surface area contributed by atoms with Crippen LogP contribution in [0.2, 0.25) is 0 Å². The van der Waals surface area contributed by atoms with Gasteiger partial charge in [-0.15, -0.1) is 0 Å². The maximum atomic E-state index is 5.83. The molecule has 2 N–H and O–H groups in total. The van der Waals surface area contributed by atoms with Crippen LogP contribution < -0.4 is 5.73 Å². The van der Waals surface area contributed by atoms with Gasteiger partial charge in [0.25, 0.3) is 0 Å². The molecule has 0 unspecified atom stereocenters. The van der Waals surface area contributed by atoms with Crippen LogP contribution in [0.4, 0.5) is 5.69 Å². The largest absolute Gasteiger partial charge is 0.399 e. The number of anilines is 1. The van der Waals surface area contributed by atoms with Crippen LogP contribution in [0.3, 0.4) is 0 Å². The quantitative estimate of drug-likeness (QED) is 0.674. The van der Waals surface area contributed by atoms with Gasteiger partial charge in [0.1, 0.15) is 0 Å². The Bertz CT molecular complexity index is 610. The zero-order valence-corrected chi connectivity index (χ0v) is 9.06. The Morgan fingerprint density at radius 2 is 1.53 bits per heavy atom. The molecule has 0 bridgehead atoms. The first-order valence-corrected chi connectivity index (χ1v) is 5.21. The maximum Gasteiger partial charge on any atom is 0.0992 e. The summed E-state index contributed by atoms with van der Waals surface area (Å²) in [7, 11) is 0. The lowest BCUT2D eigenvalue weighted by atomic mass is 10.2. The number of imidazole rings is 2. The highest BCUT2D eigenvalue weighted by atomic mass is 15.1. The minimum atomic E-state index is 0.720. The molecule has 0 fully saturated rings. The zero-order valence-electron chi connectivity index (χ0n) is 9.06. The summed E-state index contributed by atoms with van der Waals surface area (Å²) < 4.78 is 3.86. The van der Waals surface area contributed by atoms with Gasteiger partial charge < -0.3 is 14.9 Å². The maximum absolute atomic E-state index is 5.83. The average molecular weight is 225 g/mol. The molecule has 2 aromatic heterocycles. The van der Waals surface area contributed by atoms with Gasteiger partial charge in [0.15, 0.2) is 0 Å². The Morgan fingerprint density at radius 1 is 0.882 bits per heavy atom. The summed E-state index contributed by atoms with van der Waals surface area (Å²) in [4.78, 5) is 8.10. The van der Waals surface area contributed by atoms with E-state index in [0.717, 1.165) is 17.1 Å². The first-order valence-electron chi connectivity index (χ1n) is 5.21. The van der Waals surface area contributed by atoms with Crippen molar-refractivity contribution in [2.75, 3.05) is 5.73 Å². The number of nitrogens with two attached hydrogens (primary N) is 1. The second kappa shape index (κ2) is 3.79. The van der Waals surface area contributed by atoms with Crippen molar-refractivity contribution in [3.05, 3.63) is 55.6 Å². The standard InChI is InChI=1S/C12H11N5/c13-10-1-2-11(16-5-3-14-8-16)12(7-10)17-6-4-15-9-17/h1-9H,13H2. The van der Waals surface area contributed by atoms with Crippen molar-refractivity contribution in [2.45, 2.75) is 0 Å². The van der Waals surface area contributed by atoms with Crippen LogP contribution in [0.1, 0.15) is 0 Å². The lowest BCUT2D eigenvalue weighted by Gasteiger charge is -2.11. The number of hydrogen-bond donors (Lipinski definition) is 1.